The average molecular weight is 239 g/mol. The molecule has 0 atom stereocenters. The Morgan fingerprint density at radius 3 is 2.94 bits per heavy atom. The second-order valence-electron chi connectivity index (χ2n) is 4.30. The Morgan fingerprint density at radius 1 is 1.17 bits per heavy atom. The molecular formula is C15H13NO2. The van der Waals surface area contributed by atoms with Crippen LogP contribution in [0.5, 0.6) is 5.75 Å². The first kappa shape index (κ1) is 11.0. The number of benzene rings is 1. The van der Waals surface area contributed by atoms with E-state index in [9.17, 15) is 4.79 Å². The molecule has 0 bridgehead atoms. The van der Waals surface area contributed by atoms with Gasteiger partial charge in [0.25, 0.3) is 0 Å². The number of rotatable bonds is 1. The lowest BCUT2D eigenvalue weighted by molar-refractivity contribution is 0.0983. The Balaban J connectivity index is 2.07. The van der Waals surface area contributed by atoms with E-state index in [1.165, 1.54) is 0 Å². The Hall–Kier alpha value is -2.16. The summed E-state index contributed by atoms with van der Waals surface area (Å²) in [6, 6.07) is 11.4. The number of carbonyl (C=O) groups is 1. The van der Waals surface area contributed by atoms with E-state index in [4.69, 9.17) is 4.74 Å². The van der Waals surface area contributed by atoms with Crippen molar-refractivity contribution in [2.24, 2.45) is 0 Å². The summed E-state index contributed by atoms with van der Waals surface area (Å²) in [4.78, 5) is 16.3. The zero-order chi connectivity index (χ0) is 12.4. The van der Waals surface area contributed by atoms with Gasteiger partial charge in [0.15, 0.2) is 5.78 Å². The number of Topliss-reactive ketones (excluding diaryl/α,β-unsaturated/α-hetero) is 1. The maximum Gasteiger partial charge on any atom is 0.166 e. The van der Waals surface area contributed by atoms with Crippen LogP contribution in [-0.4, -0.2) is 17.4 Å². The van der Waals surface area contributed by atoms with Gasteiger partial charge in [-0.05, 0) is 36.8 Å². The van der Waals surface area contributed by atoms with Crippen molar-refractivity contribution in [2.75, 3.05) is 6.61 Å². The van der Waals surface area contributed by atoms with Crippen molar-refractivity contribution < 1.29 is 9.53 Å². The van der Waals surface area contributed by atoms with Gasteiger partial charge < -0.3 is 4.74 Å². The number of fused-ring (bicyclic) bond motifs is 1. The van der Waals surface area contributed by atoms with Gasteiger partial charge in [-0.15, -0.1) is 0 Å². The van der Waals surface area contributed by atoms with E-state index in [0.29, 0.717) is 24.3 Å². The molecule has 0 fully saturated rings. The van der Waals surface area contributed by atoms with Gasteiger partial charge in [-0.25, -0.2) is 0 Å². The van der Waals surface area contributed by atoms with Crippen LogP contribution in [0.3, 0.4) is 0 Å². The molecule has 2 heterocycles. The van der Waals surface area contributed by atoms with Crippen LogP contribution in [0.25, 0.3) is 11.3 Å². The molecule has 90 valence electrons. The van der Waals surface area contributed by atoms with E-state index in [1.807, 2.05) is 36.4 Å². The number of hydrogen-bond donors (Lipinski definition) is 0. The van der Waals surface area contributed by atoms with E-state index in [1.54, 1.807) is 6.20 Å². The molecule has 0 radical (unpaired) electrons. The predicted molar refractivity (Wildman–Crippen MR) is 68.7 cm³/mol. The Bertz CT molecular complexity index is 578. The maximum atomic E-state index is 12.0. The van der Waals surface area contributed by atoms with E-state index in [2.05, 4.69) is 4.98 Å². The van der Waals surface area contributed by atoms with Crippen molar-refractivity contribution in [1.29, 1.82) is 0 Å². The Labute approximate surface area is 105 Å². The first-order valence-corrected chi connectivity index (χ1v) is 6.06. The molecular weight excluding hydrogens is 226 g/mol. The van der Waals surface area contributed by atoms with Crippen LogP contribution in [0.15, 0.2) is 42.6 Å². The summed E-state index contributed by atoms with van der Waals surface area (Å²) in [7, 11) is 0. The summed E-state index contributed by atoms with van der Waals surface area (Å²) >= 11 is 0. The lowest BCUT2D eigenvalue weighted by Crippen LogP contribution is -1.98. The summed E-state index contributed by atoms with van der Waals surface area (Å²) in [5.74, 6) is 0.845. The predicted octanol–water partition coefficient (Wildman–Crippen LogP) is 3.10. The zero-order valence-electron chi connectivity index (χ0n) is 9.93. The van der Waals surface area contributed by atoms with Crippen LogP contribution in [0, 0.1) is 0 Å². The van der Waals surface area contributed by atoms with Gasteiger partial charge in [0, 0.05) is 18.2 Å². The number of nitrogens with zero attached hydrogens (tertiary/aromatic N) is 1. The van der Waals surface area contributed by atoms with Gasteiger partial charge in [0.2, 0.25) is 0 Å². The minimum atomic E-state index is 0.153. The Morgan fingerprint density at radius 2 is 2.11 bits per heavy atom. The van der Waals surface area contributed by atoms with Crippen molar-refractivity contribution in [3.05, 3.63) is 48.2 Å². The fourth-order valence-electron chi connectivity index (χ4n) is 2.12. The molecule has 1 aliphatic rings. The number of pyridine rings is 1. The highest BCUT2D eigenvalue weighted by molar-refractivity contribution is 6.00. The zero-order valence-corrected chi connectivity index (χ0v) is 9.93. The highest BCUT2D eigenvalue weighted by Crippen LogP contribution is 2.28. The van der Waals surface area contributed by atoms with Gasteiger partial charge in [0.05, 0.1) is 17.9 Å². The normalized spacial score (nSPS) is 14.6. The smallest absolute Gasteiger partial charge is 0.166 e. The van der Waals surface area contributed by atoms with Gasteiger partial charge in [-0.1, -0.05) is 6.07 Å². The third-order valence-electron chi connectivity index (χ3n) is 3.05. The molecule has 3 nitrogen and oxygen atoms in total. The van der Waals surface area contributed by atoms with Crippen LogP contribution in [0.1, 0.15) is 23.2 Å². The molecule has 0 aliphatic carbocycles. The largest absolute Gasteiger partial charge is 0.493 e. The number of carbonyl (C=O) groups excluding carboxylic acids is 1. The molecule has 0 spiro atoms. The standard InChI is InChI=1S/C15H13NO2/c17-14-5-3-9-18-15-7-6-11(10-12(14)15)13-4-1-2-8-16-13/h1-2,4,6-8,10H,3,5,9H2. The average Bonchev–Trinajstić information content (AvgIpc) is 2.62. The summed E-state index contributed by atoms with van der Waals surface area (Å²) in [5.41, 5.74) is 2.50. The van der Waals surface area contributed by atoms with Crippen LogP contribution >= 0.6 is 0 Å². The quantitative estimate of drug-likeness (QED) is 0.767. The lowest BCUT2D eigenvalue weighted by atomic mass is 10.0. The SMILES string of the molecule is O=C1CCCOc2ccc(-c3ccccn3)cc21. The van der Waals surface area contributed by atoms with Crippen molar-refractivity contribution >= 4 is 5.78 Å². The minimum Gasteiger partial charge on any atom is -0.493 e. The van der Waals surface area contributed by atoms with Gasteiger partial charge in [-0.2, -0.15) is 0 Å². The van der Waals surface area contributed by atoms with E-state index < -0.39 is 0 Å². The summed E-state index contributed by atoms with van der Waals surface area (Å²) in [5, 5.41) is 0. The van der Waals surface area contributed by atoms with Gasteiger partial charge in [0.1, 0.15) is 5.75 Å². The first-order chi connectivity index (χ1) is 8.84. The van der Waals surface area contributed by atoms with Crippen molar-refractivity contribution in [1.82, 2.24) is 4.98 Å². The second-order valence-corrected chi connectivity index (χ2v) is 4.30. The molecule has 1 aromatic carbocycles. The van der Waals surface area contributed by atoms with Crippen LogP contribution in [0.4, 0.5) is 0 Å². The van der Waals surface area contributed by atoms with Crippen molar-refractivity contribution in [3.63, 3.8) is 0 Å². The molecule has 2 aromatic rings. The number of hydrogen-bond acceptors (Lipinski definition) is 3. The fourth-order valence-corrected chi connectivity index (χ4v) is 2.12. The number of ketones is 1. The molecule has 1 aromatic heterocycles. The number of ether oxygens (including phenoxy) is 1. The molecule has 0 unspecified atom stereocenters. The van der Waals surface area contributed by atoms with Crippen molar-refractivity contribution in [3.8, 4) is 17.0 Å². The summed E-state index contributed by atoms with van der Waals surface area (Å²) in [6.07, 6.45) is 3.09. The van der Waals surface area contributed by atoms with Gasteiger partial charge >= 0.3 is 0 Å². The first-order valence-electron chi connectivity index (χ1n) is 6.06. The molecule has 3 rings (SSSR count). The third-order valence-corrected chi connectivity index (χ3v) is 3.05. The topological polar surface area (TPSA) is 39.2 Å². The van der Waals surface area contributed by atoms with E-state index >= 15 is 0 Å². The molecule has 3 heteroatoms. The molecule has 0 saturated carbocycles. The summed E-state index contributed by atoms with van der Waals surface area (Å²) in [6.45, 7) is 0.613. The molecule has 0 saturated heterocycles. The maximum absolute atomic E-state index is 12.0. The monoisotopic (exact) mass is 239 g/mol. The van der Waals surface area contributed by atoms with Crippen LogP contribution in [0.2, 0.25) is 0 Å². The molecule has 0 amide bonds. The van der Waals surface area contributed by atoms with Gasteiger partial charge in [-0.3, -0.25) is 9.78 Å². The second kappa shape index (κ2) is 4.61. The lowest BCUT2D eigenvalue weighted by Gasteiger charge is -2.08. The van der Waals surface area contributed by atoms with E-state index in [0.717, 1.165) is 17.7 Å². The Kier molecular flexibility index (Phi) is 2.81. The highest BCUT2D eigenvalue weighted by Gasteiger charge is 2.17. The minimum absolute atomic E-state index is 0.153. The van der Waals surface area contributed by atoms with Crippen LogP contribution < -0.4 is 4.74 Å². The van der Waals surface area contributed by atoms with E-state index in [-0.39, 0.29) is 5.78 Å². The number of aromatic nitrogens is 1. The third kappa shape index (κ3) is 1.99. The van der Waals surface area contributed by atoms with Crippen LogP contribution in [-0.2, 0) is 0 Å². The molecule has 0 N–H and O–H groups in total. The molecule has 18 heavy (non-hydrogen) atoms. The highest BCUT2D eigenvalue weighted by atomic mass is 16.5. The fraction of sp³-hybridized carbons (Fsp3) is 0.200. The van der Waals surface area contributed by atoms with Crippen molar-refractivity contribution in [2.45, 2.75) is 12.8 Å². The summed E-state index contributed by atoms with van der Waals surface area (Å²) < 4.78 is 5.57. The molecule has 1 aliphatic heterocycles.